The Morgan fingerprint density at radius 3 is 2.48 bits per heavy atom. The predicted molar refractivity (Wildman–Crippen MR) is 241 cm³/mol. The van der Waals surface area contributed by atoms with Crippen LogP contribution in [0.25, 0.3) is 0 Å². The van der Waals surface area contributed by atoms with Gasteiger partial charge in [0, 0.05) is 123 Å². The lowest BCUT2D eigenvalue weighted by Crippen LogP contribution is -2.54. The van der Waals surface area contributed by atoms with Gasteiger partial charge in [0.05, 0.1) is 0 Å². The van der Waals surface area contributed by atoms with Crippen molar-refractivity contribution in [3.05, 3.63) is 99.8 Å². The average Bonchev–Trinajstić information content (AvgIpc) is 4.04. The molecule has 3 saturated heterocycles. The summed E-state index contributed by atoms with van der Waals surface area (Å²) >= 11 is 1.21. The van der Waals surface area contributed by atoms with E-state index in [4.69, 9.17) is 0 Å². The number of imide groups is 1. The van der Waals surface area contributed by atoms with Crippen LogP contribution < -0.4 is 20.9 Å². The molecule has 3 fully saturated rings. The summed E-state index contributed by atoms with van der Waals surface area (Å²) in [7, 11) is 0. The molecule has 5 aliphatic heterocycles. The first-order chi connectivity index (χ1) is 31.5. The van der Waals surface area contributed by atoms with Crippen LogP contribution in [0.15, 0.2) is 66.2 Å². The zero-order valence-electron chi connectivity index (χ0n) is 36.0. The normalized spacial score (nSPS) is 19.6. The first kappa shape index (κ1) is 43.8. The second-order valence-corrected chi connectivity index (χ2v) is 18.2. The van der Waals surface area contributed by atoms with Gasteiger partial charge in [-0.1, -0.05) is 18.6 Å². The first-order valence-corrected chi connectivity index (χ1v) is 23.3. The molecular weight excluding hydrogens is 854 g/mol. The molecule has 340 valence electrons. The van der Waals surface area contributed by atoms with Crippen LogP contribution in [0.4, 0.5) is 20.9 Å². The molecule has 2 atom stereocenters. The number of hydrogen-bond donors (Lipinski definition) is 4. The molecule has 3 aromatic carbocycles. The number of rotatable bonds is 14. The van der Waals surface area contributed by atoms with Crippen LogP contribution in [-0.4, -0.2) is 123 Å². The lowest BCUT2D eigenvalue weighted by Gasteiger charge is -2.43. The fourth-order valence-corrected chi connectivity index (χ4v) is 10.4. The van der Waals surface area contributed by atoms with Crippen LogP contribution in [-0.2, 0) is 32.3 Å². The number of hydrogen-bond acceptors (Lipinski definition) is 12. The van der Waals surface area contributed by atoms with E-state index in [9.17, 15) is 38.3 Å². The third-order valence-corrected chi connectivity index (χ3v) is 14.1. The van der Waals surface area contributed by atoms with E-state index in [2.05, 4.69) is 30.7 Å². The molecule has 4 aromatic rings. The minimum Gasteiger partial charge on any atom is -0.508 e. The van der Waals surface area contributed by atoms with E-state index in [1.54, 1.807) is 22.5 Å². The Bertz CT molecular complexity index is 2490. The molecule has 0 spiro atoms. The van der Waals surface area contributed by atoms with E-state index in [0.29, 0.717) is 61.3 Å². The number of fused-ring (bicyclic) bond motifs is 2. The van der Waals surface area contributed by atoms with Gasteiger partial charge in [0.1, 0.15) is 23.7 Å². The number of carbonyl (C=O) groups is 6. The summed E-state index contributed by atoms with van der Waals surface area (Å²) in [4.78, 5) is 91.9. The summed E-state index contributed by atoms with van der Waals surface area (Å²) in [6.45, 7) is 5.79. The Morgan fingerprint density at radius 2 is 1.71 bits per heavy atom. The molecule has 0 saturated carbocycles. The van der Waals surface area contributed by atoms with E-state index in [0.717, 1.165) is 92.9 Å². The molecule has 18 heteroatoms. The van der Waals surface area contributed by atoms with Crippen LogP contribution in [0, 0.1) is 5.82 Å². The largest absolute Gasteiger partial charge is 0.508 e. The molecule has 16 nitrogen and oxygen atoms in total. The van der Waals surface area contributed by atoms with Crippen molar-refractivity contribution >= 4 is 63.3 Å². The zero-order valence-corrected chi connectivity index (χ0v) is 36.8. The molecule has 65 heavy (non-hydrogen) atoms. The number of aromatic nitrogens is 1. The second-order valence-electron chi connectivity index (χ2n) is 17.3. The van der Waals surface area contributed by atoms with Gasteiger partial charge in [0.25, 0.3) is 17.7 Å². The minimum absolute atomic E-state index is 0.00860. The number of nitrogens with zero attached hydrogens (tertiary/aromatic N) is 6. The Balaban J connectivity index is 0.705. The van der Waals surface area contributed by atoms with Gasteiger partial charge >= 0.3 is 0 Å². The average molecular weight is 906 g/mol. The van der Waals surface area contributed by atoms with Gasteiger partial charge in [-0.3, -0.25) is 44.3 Å². The molecule has 6 heterocycles. The number of aromatic hydroxyl groups is 1. The van der Waals surface area contributed by atoms with Gasteiger partial charge in [0.15, 0.2) is 5.13 Å². The highest BCUT2D eigenvalue weighted by Crippen LogP contribution is 2.38. The number of piperidine rings is 2. The predicted octanol–water partition coefficient (Wildman–Crippen LogP) is 4.87. The fourth-order valence-electron chi connectivity index (χ4n) is 9.91. The highest BCUT2D eigenvalue weighted by Gasteiger charge is 2.41. The van der Waals surface area contributed by atoms with Gasteiger partial charge in [-0.25, -0.2) is 9.37 Å². The molecule has 0 bridgehead atoms. The van der Waals surface area contributed by atoms with Crippen LogP contribution in [0.5, 0.6) is 5.75 Å². The standard InChI is InChI=1S/C47H52FN9O7S/c48-30-9-12-39(58)35(25-30)42(44(62)52-47-50-17-24-65-47)57-27-29-8-10-32(26-34(29)46(57)64)53-18-14-31(15-19-53)54-20-22-55(23-21-54)41(60)7-2-1-3-16-49-37-6-4-5-33-36(37)28-56(45(33)63)38-11-13-40(59)51-43(38)61/h4-6,8-10,12,17,24-26,31,38,42,49,58H,1-3,7,11,13-16,18-23,27-28H2,(H,50,52,62)(H,51,59,61). The summed E-state index contributed by atoms with van der Waals surface area (Å²) in [5.74, 6) is -2.65. The van der Waals surface area contributed by atoms with E-state index in [1.165, 1.54) is 22.3 Å². The molecule has 0 radical (unpaired) electrons. The van der Waals surface area contributed by atoms with Gasteiger partial charge < -0.3 is 30.0 Å². The SMILES string of the molecule is O=C1CCC(N2Cc3c(NCCCCCC(=O)N4CCN(C5CCN(c6ccc7c(c6)C(=O)N(C(C(=O)Nc6nccs6)c6cc(F)ccc6O)C7)CC5)CC4)cccc3C2=O)C(=O)N1. The Hall–Kier alpha value is -6.40. The number of unbranched alkanes of at least 4 members (excludes halogenated alkanes) is 2. The summed E-state index contributed by atoms with van der Waals surface area (Å²) < 4.78 is 14.4. The minimum atomic E-state index is -1.29. The third kappa shape index (κ3) is 9.27. The first-order valence-electron chi connectivity index (χ1n) is 22.4. The van der Waals surface area contributed by atoms with Crippen LogP contribution in [0.2, 0.25) is 0 Å². The van der Waals surface area contributed by atoms with Crippen molar-refractivity contribution in [1.82, 2.24) is 29.9 Å². The number of anilines is 3. The number of halogens is 1. The second kappa shape index (κ2) is 19.0. The summed E-state index contributed by atoms with van der Waals surface area (Å²) in [6, 6.07) is 13.1. The smallest absolute Gasteiger partial charge is 0.255 e. The number of benzene rings is 3. The quantitative estimate of drug-likeness (QED) is 0.1000. The molecule has 4 N–H and O–H groups in total. The number of carbonyl (C=O) groups excluding carboxylic acids is 6. The third-order valence-electron chi connectivity index (χ3n) is 13.4. The molecule has 2 unspecified atom stereocenters. The van der Waals surface area contributed by atoms with E-state index >= 15 is 0 Å². The molecule has 5 aliphatic rings. The maximum atomic E-state index is 14.4. The van der Waals surface area contributed by atoms with Crippen molar-refractivity contribution in [1.29, 1.82) is 0 Å². The van der Waals surface area contributed by atoms with Crippen LogP contribution in [0.1, 0.15) is 94.8 Å². The Morgan fingerprint density at radius 1 is 0.892 bits per heavy atom. The molecule has 1 aromatic heterocycles. The summed E-state index contributed by atoms with van der Waals surface area (Å²) in [5.41, 5.74) is 4.43. The Labute approximate surface area is 379 Å². The highest BCUT2D eigenvalue weighted by atomic mass is 32.1. The maximum absolute atomic E-state index is 14.4. The topological polar surface area (TPSA) is 188 Å². The van der Waals surface area contributed by atoms with Crippen molar-refractivity contribution < 1.29 is 38.3 Å². The lowest BCUT2D eigenvalue weighted by atomic mass is 10.0. The molecule has 6 amide bonds. The number of phenols is 1. The van der Waals surface area contributed by atoms with Gasteiger partial charge in [0.2, 0.25) is 17.7 Å². The molecular formula is C47H52FN9O7S. The van der Waals surface area contributed by atoms with Gasteiger partial charge in [-0.15, -0.1) is 11.3 Å². The molecule has 0 aliphatic carbocycles. The number of nitrogens with one attached hydrogen (secondary N) is 3. The van der Waals surface area contributed by atoms with E-state index < -0.39 is 29.7 Å². The number of amides is 6. The number of thiazole rings is 1. The molecule has 9 rings (SSSR count). The highest BCUT2D eigenvalue weighted by molar-refractivity contribution is 7.13. The summed E-state index contributed by atoms with van der Waals surface area (Å²) in [5, 5.41) is 21.3. The monoisotopic (exact) mass is 905 g/mol. The van der Waals surface area contributed by atoms with Crippen molar-refractivity contribution in [2.45, 2.75) is 82.6 Å². The lowest BCUT2D eigenvalue weighted by molar-refractivity contribution is -0.137. The van der Waals surface area contributed by atoms with E-state index in [1.807, 2.05) is 35.2 Å². The van der Waals surface area contributed by atoms with Crippen molar-refractivity contribution in [3.8, 4) is 5.75 Å². The number of phenolic OH excluding ortho intramolecular Hbond substituents is 1. The summed E-state index contributed by atoms with van der Waals surface area (Å²) in [6.07, 6.45) is 7.01. The Kier molecular flexibility index (Phi) is 12.8. The van der Waals surface area contributed by atoms with Crippen LogP contribution in [0.3, 0.4) is 0 Å². The van der Waals surface area contributed by atoms with E-state index in [-0.39, 0.29) is 47.9 Å². The van der Waals surface area contributed by atoms with Crippen molar-refractivity contribution in [2.75, 3.05) is 61.3 Å². The maximum Gasteiger partial charge on any atom is 0.255 e. The zero-order chi connectivity index (χ0) is 45.2. The van der Waals surface area contributed by atoms with Gasteiger partial charge in [-0.2, -0.15) is 0 Å². The van der Waals surface area contributed by atoms with Crippen molar-refractivity contribution in [3.63, 3.8) is 0 Å². The number of piperazine rings is 1. The van der Waals surface area contributed by atoms with Crippen LogP contribution >= 0.6 is 11.3 Å². The fraction of sp³-hybridized carbons (Fsp3) is 0.426. The van der Waals surface area contributed by atoms with Gasteiger partial charge in [-0.05, 0) is 80.1 Å². The van der Waals surface area contributed by atoms with Crippen molar-refractivity contribution in [2.24, 2.45) is 0 Å².